The van der Waals surface area contributed by atoms with Crippen molar-refractivity contribution in [1.82, 2.24) is 4.90 Å². The highest BCUT2D eigenvalue weighted by Crippen LogP contribution is 2.30. The molecule has 0 atom stereocenters. The number of amides is 2. The fourth-order valence-corrected chi connectivity index (χ4v) is 1.77. The van der Waals surface area contributed by atoms with Gasteiger partial charge < -0.3 is 15.5 Å². The number of allylic oxidation sites excluding steroid dienone is 1. The van der Waals surface area contributed by atoms with Crippen molar-refractivity contribution in [3.8, 4) is 12.1 Å². The molecular formula is C13H11N5O. The van der Waals surface area contributed by atoms with Gasteiger partial charge in [0, 0.05) is 19.8 Å². The van der Waals surface area contributed by atoms with E-state index in [0.29, 0.717) is 17.9 Å². The molecule has 0 radical (unpaired) electrons. The maximum absolute atomic E-state index is 11.6. The van der Waals surface area contributed by atoms with Gasteiger partial charge in [-0.15, -0.1) is 0 Å². The van der Waals surface area contributed by atoms with Crippen molar-refractivity contribution in [3.05, 3.63) is 35.5 Å². The lowest BCUT2D eigenvalue weighted by Crippen LogP contribution is -2.35. The van der Waals surface area contributed by atoms with E-state index >= 15 is 0 Å². The number of benzene rings is 1. The van der Waals surface area contributed by atoms with Crippen molar-refractivity contribution < 1.29 is 4.79 Å². The van der Waals surface area contributed by atoms with Crippen LogP contribution in [-0.4, -0.2) is 18.0 Å². The second kappa shape index (κ2) is 5.11. The van der Waals surface area contributed by atoms with Crippen LogP contribution in [0.3, 0.4) is 0 Å². The molecule has 1 aromatic rings. The summed E-state index contributed by atoms with van der Waals surface area (Å²) in [7, 11) is 1.71. The zero-order valence-electron chi connectivity index (χ0n) is 10.3. The van der Waals surface area contributed by atoms with Crippen molar-refractivity contribution in [2.75, 3.05) is 17.7 Å². The Hall–Kier alpha value is -2.99. The van der Waals surface area contributed by atoms with Crippen LogP contribution < -0.4 is 10.6 Å². The molecule has 6 heteroatoms. The van der Waals surface area contributed by atoms with Gasteiger partial charge in [0.05, 0.1) is 11.4 Å². The Morgan fingerprint density at radius 1 is 1.47 bits per heavy atom. The van der Waals surface area contributed by atoms with Gasteiger partial charge in [-0.3, -0.25) is 0 Å². The topological polar surface area (TPSA) is 91.9 Å². The molecule has 6 nitrogen and oxygen atoms in total. The van der Waals surface area contributed by atoms with E-state index in [0.717, 1.165) is 5.56 Å². The molecule has 1 aliphatic rings. The number of fused-ring (bicyclic) bond motifs is 1. The van der Waals surface area contributed by atoms with Gasteiger partial charge in [0.15, 0.2) is 0 Å². The average Bonchev–Trinajstić information content (AvgIpc) is 2.41. The molecule has 0 saturated heterocycles. The molecule has 0 bridgehead atoms. The minimum absolute atomic E-state index is 0.0307. The number of hydrogen-bond donors (Lipinski definition) is 2. The molecule has 0 aliphatic carbocycles. The highest BCUT2D eigenvalue weighted by Gasteiger charge is 2.21. The third-order valence-corrected chi connectivity index (χ3v) is 2.75. The summed E-state index contributed by atoms with van der Waals surface area (Å²) in [6, 6.07) is 8.86. The molecule has 0 aromatic heterocycles. The number of nitrogens with one attached hydrogen (secondary N) is 2. The highest BCUT2D eigenvalue weighted by atomic mass is 16.2. The number of hydrogen-bond acceptors (Lipinski definition) is 4. The van der Waals surface area contributed by atoms with Crippen LogP contribution in [0, 0.1) is 22.7 Å². The molecule has 1 heterocycles. The number of rotatable bonds is 2. The lowest BCUT2D eigenvalue weighted by Gasteiger charge is -2.27. The molecule has 1 aliphatic heterocycles. The van der Waals surface area contributed by atoms with E-state index in [1.807, 2.05) is 12.1 Å². The Balaban J connectivity index is 2.32. The molecule has 0 unspecified atom stereocenters. The fraction of sp³-hybridized carbons (Fsp3) is 0.154. The van der Waals surface area contributed by atoms with Gasteiger partial charge in [0.1, 0.15) is 17.7 Å². The molecule has 0 saturated carbocycles. The first-order valence-corrected chi connectivity index (χ1v) is 5.56. The summed E-state index contributed by atoms with van der Waals surface area (Å²) in [4.78, 5) is 13.2. The Bertz CT molecular complexity index is 619. The van der Waals surface area contributed by atoms with E-state index in [2.05, 4.69) is 10.6 Å². The molecule has 19 heavy (non-hydrogen) atoms. The van der Waals surface area contributed by atoms with Crippen LogP contribution in [0.5, 0.6) is 0 Å². The SMILES string of the molecule is CN1Cc2cccc(NC=C(C#N)C#N)c2NC1=O. The Morgan fingerprint density at radius 2 is 2.21 bits per heavy atom. The van der Waals surface area contributed by atoms with E-state index < -0.39 is 0 Å². The van der Waals surface area contributed by atoms with Crippen LogP contribution in [0.1, 0.15) is 5.56 Å². The van der Waals surface area contributed by atoms with E-state index in [9.17, 15) is 4.79 Å². The zero-order chi connectivity index (χ0) is 13.8. The normalized spacial score (nSPS) is 12.6. The van der Waals surface area contributed by atoms with Crippen molar-refractivity contribution >= 4 is 17.4 Å². The number of carbonyl (C=O) groups is 1. The minimum atomic E-state index is -0.188. The number of nitrogens with zero attached hydrogens (tertiary/aromatic N) is 3. The zero-order valence-corrected chi connectivity index (χ0v) is 10.3. The molecule has 1 aromatic carbocycles. The van der Waals surface area contributed by atoms with E-state index in [1.54, 1.807) is 30.2 Å². The first kappa shape index (κ1) is 12.5. The smallest absolute Gasteiger partial charge is 0.321 e. The first-order chi connectivity index (χ1) is 9.15. The monoisotopic (exact) mass is 253 g/mol. The maximum atomic E-state index is 11.6. The standard InChI is InChI=1S/C13H11N5O/c1-18-8-10-3-2-4-11(12(10)17-13(18)19)16-7-9(5-14)6-15/h2-4,7,16H,8H2,1H3,(H,17,19). The van der Waals surface area contributed by atoms with Crippen molar-refractivity contribution in [2.24, 2.45) is 0 Å². The summed E-state index contributed by atoms with van der Waals surface area (Å²) in [6.07, 6.45) is 1.32. The van der Waals surface area contributed by atoms with E-state index in [1.165, 1.54) is 6.20 Å². The Morgan fingerprint density at radius 3 is 2.89 bits per heavy atom. The first-order valence-electron chi connectivity index (χ1n) is 5.56. The fourth-order valence-electron chi connectivity index (χ4n) is 1.77. The van der Waals surface area contributed by atoms with Gasteiger partial charge in [0.2, 0.25) is 0 Å². The van der Waals surface area contributed by atoms with Crippen molar-refractivity contribution in [2.45, 2.75) is 6.54 Å². The van der Waals surface area contributed by atoms with Crippen LogP contribution in [0.25, 0.3) is 0 Å². The number of carbonyl (C=O) groups excluding carboxylic acids is 1. The molecule has 94 valence electrons. The van der Waals surface area contributed by atoms with Gasteiger partial charge in [-0.1, -0.05) is 12.1 Å². The minimum Gasteiger partial charge on any atom is -0.358 e. The predicted octanol–water partition coefficient (Wildman–Crippen LogP) is 2.01. The summed E-state index contributed by atoms with van der Waals surface area (Å²) >= 11 is 0. The molecule has 0 fully saturated rings. The summed E-state index contributed by atoms with van der Waals surface area (Å²) in [5.41, 5.74) is 2.27. The number of anilines is 2. The second-order valence-corrected chi connectivity index (χ2v) is 4.05. The summed E-state index contributed by atoms with van der Waals surface area (Å²) in [5.74, 6) is 0. The number of para-hydroxylation sites is 1. The second-order valence-electron chi connectivity index (χ2n) is 4.05. The van der Waals surface area contributed by atoms with Crippen LogP contribution >= 0.6 is 0 Å². The quantitative estimate of drug-likeness (QED) is 0.788. The van der Waals surface area contributed by atoms with Gasteiger partial charge in [-0.2, -0.15) is 10.5 Å². The van der Waals surface area contributed by atoms with Crippen LogP contribution in [0.4, 0.5) is 16.2 Å². The summed E-state index contributed by atoms with van der Waals surface area (Å²) in [6.45, 7) is 0.518. The summed E-state index contributed by atoms with van der Waals surface area (Å²) in [5, 5.41) is 23.0. The van der Waals surface area contributed by atoms with Crippen LogP contribution in [0.15, 0.2) is 30.0 Å². The van der Waals surface area contributed by atoms with Crippen molar-refractivity contribution in [1.29, 1.82) is 10.5 Å². The molecule has 2 amide bonds. The summed E-state index contributed by atoms with van der Waals surface area (Å²) < 4.78 is 0. The average molecular weight is 253 g/mol. The van der Waals surface area contributed by atoms with Gasteiger partial charge >= 0.3 is 6.03 Å². The molecule has 0 spiro atoms. The van der Waals surface area contributed by atoms with E-state index in [4.69, 9.17) is 10.5 Å². The van der Waals surface area contributed by atoms with Gasteiger partial charge in [0.25, 0.3) is 0 Å². The number of nitriles is 2. The third-order valence-electron chi connectivity index (χ3n) is 2.75. The molecule has 2 rings (SSSR count). The Kier molecular flexibility index (Phi) is 3.35. The van der Waals surface area contributed by atoms with Crippen LogP contribution in [0.2, 0.25) is 0 Å². The molecular weight excluding hydrogens is 242 g/mol. The lowest BCUT2D eigenvalue weighted by molar-refractivity contribution is 0.218. The van der Waals surface area contributed by atoms with Crippen molar-refractivity contribution in [3.63, 3.8) is 0 Å². The largest absolute Gasteiger partial charge is 0.358 e. The Labute approximate surface area is 110 Å². The van der Waals surface area contributed by atoms with Gasteiger partial charge in [-0.05, 0) is 11.6 Å². The molecule has 2 N–H and O–H groups in total. The van der Waals surface area contributed by atoms with Crippen LogP contribution in [-0.2, 0) is 6.54 Å². The maximum Gasteiger partial charge on any atom is 0.321 e. The third kappa shape index (κ3) is 2.48. The predicted molar refractivity (Wildman–Crippen MR) is 69.9 cm³/mol. The van der Waals surface area contributed by atoms with Gasteiger partial charge in [-0.25, -0.2) is 4.79 Å². The number of urea groups is 1. The lowest BCUT2D eigenvalue weighted by atomic mass is 10.1. The highest BCUT2D eigenvalue weighted by molar-refractivity contribution is 5.96. The van der Waals surface area contributed by atoms with E-state index in [-0.39, 0.29) is 11.6 Å².